The molecule has 25 heavy (non-hydrogen) atoms. The molecule has 6 heteroatoms. The Morgan fingerprint density at radius 1 is 0.960 bits per heavy atom. The Hall–Kier alpha value is -2.09. The summed E-state index contributed by atoms with van der Waals surface area (Å²) in [5.41, 5.74) is 4.46. The Labute approximate surface area is 147 Å². The van der Waals surface area contributed by atoms with Crippen molar-refractivity contribution in [3.05, 3.63) is 71.8 Å². The molecule has 2 N–H and O–H groups in total. The van der Waals surface area contributed by atoms with Crippen molar-refractivity contribution in [2.24, 2.45) is 0 Å². The Kier molecular flexibility index (Phi) is 8.82. The number of rotatable bonds is 12. The average molecular weight is 345 g/mol. The molecule has 134 valence electrons. The van der Waals surface area contributed by atoms with Gasteiger partial charge in [-0.3, -0.25) is 0 Å². The van der Waals surface area contributed by atoms with Gasteiger partial charge in [0.25, 0.3) is 0 Å². The van der Waals surface area contributed by atoms with Crippen LogP contribution in [-0.4, -0.2) is 30.3 Å². The zero-order chi connectivity index (χ0) is 17.7. The Balaban J connectivity index is 1.89. The van der Waals surface area contributed by atoms with Crippen LogP contribution >= 0.6 is 0 Å². The first kappa shape index (κ1) is 19.2. The van der Waals surface area contributed by atoms with Gasteiger partial charge in [0.15, 0.2) is 0 Å². The van der Waals surface area contributed by atoms with Crippen LogP contribution in [0.25, 0.3) is 0 Å². The third-order valence-electron chi connectivity index (χ3n) is 3.70. The molecule has 0 radical (unpaired) electrons. The van der Waals surface area contributed by atoms with E-state index in [-0.39, 0.29) is 13.0 Å². The van der Waals surface area contributed by atoms with E-state index in [0.29, 0.717) is 13.2 Å². The molecule has 0 fully saturated rings. The number of hydrogen-bond acceptors (Lipinski definition) is 6. The average Bonchev–Trinajstić information content (AvgIpc) is 2.66. The SMILES string of the molecule is O=CC[C@H](OCc1ccccc1)[C@H](COCc1ccccc1)NOO. The number of benzene rings is 2. The van der Waals surface area contributed by atoms with Crippen molar-refractivity contribution < 1.29 is 24.5 Å². The molecule has 2 rings (SSSR count). The lowest BCUT2D eigenvalue weighted by Crippen LogP contribution is -2.44. The van der Waals surface area contributed by atoms with Crippen LogP contribution in [0.5, 0.6) is 0 Å². The summed E-state index contributed by atoms with van der Waals surface area (Å²) in [6, 6.07) is 18.9. The van der Waals surface area contributed by atoms with Crippen LogP contribution in [-0.2, 0) is 32.5 Å². The maximum Gasteiger partial charge on any atom is 0.122 e. The normalized spacial score (nSPS) is 13.3. The Morgan fingerprint density at radius 2 is 1.56 bits per heavy atom. The summed E-state index contributed by atoms with van der Waals surface area (Å²) in [5.74, 6) is 0. The van der Waals surface area contributed by atoms with Gasteiger partial charge in [0.05, 0.1) is 32.0 Å². The second-order valence-electron chi connectivity index (χ2n) is 5.55. The minimum Gasteiger partial charge on any atom is -0.375 e. The highest BCUT2D eigenvalue weighted by molar-refractivity contribution is 5.50. The van der Waals surface area contributed by atoms with Crippen LogP contribution < -0.4 is 5.48 Å². The van der Waals surface area contributed by atoms with Crippen LogP contribution in [0.4, 0.5) is 0 Å². The lowest BCUT2D eigenvalue weighted by Gasteiger charge is -2.25. The molecule has 0 saturated heterocycles. The highest BCUT2D eigenvalue weighted by Gasteiger charge is 2.23. The van der Waals surface area contributed by atoms with Crippen molar-refractivity contribution >= 4 is 6.29 Å². The van der Waals surface area contributed by atoms with Gasteiger partial charge in [-0.1, -0.05) is 60.7 Å². The fourth-order valence-electron chi connectivity index (χ4n) is 2.38. The molecular weight excluding hydrogens is 322 g/mol. The number of ether oxygens (including phenoxy) is 2. The molecule has 0 aromatic heterocycles. The quantitative estimate of drug-likeness (QED) is 0.350. The van der Waals surface area contributed by atoms with Crippen LogP contribution in [0.1, 0.15) is 17.5 Å². The predicted molar refractivity (Wildman–Crippen MR) is 92.4 cm³/mol. The number of carbonyl (C=O) groups is 1. The van der Waals surface area contributed by atoms with Gasteiger partial charge < -0.3 is 14.3 Å². The van der Waals surface area contributed by atoms with Gasteiger partial charge in [-0.2, -0.15) is 5.48 Å². The van der Waals surface area contributed by atoms with Crippen LogP contribution in [0.15, 0.2) is 60.7 Å². The van der Waals surface area contributed by atoms with E-state index in [4.69, 9.17) is 14.7 Å². The van der Waals surface area contributed by atoms with Crippen LogP contribution in [0, 0.1) is 0 Å². The first-order valence-corrected chi connectivity index (χ1v) is 8.10. The summed E-state index contributed by atoms with van der Waals surface area (Å²) in [7, 11) is 0. The topological polar surface area (TPSA) is 77.0 Å². The molecule has 0 saturated carbocycles. The molecule has 0 amide bonds. The molecular formula is C19H23NO5. The fraction of sp³-hybridized carbons (Fsp3) is 0.316. The zero-order valence-electron chi connectivity index (χ0n) is 13.9. The number of nitrogens with one attached hydrogen (secondary N) is 1. The highest BCUT2D eigenvalue weighted by Crippen LogP contribution is 2.11. The van der Waals surface area contributed by atoms with Gasteiger partial charge >= 0.3 is 0 Å². The van der Waals surface area contributed by atoms with Crippen LogP contribution in [0.3, 0.4) is 0 Å². The molecule has 2 aromatic carbocycles. The third kappa shape index (κ3) is 7.13. The lowest BCUT2D eigenvalue weighted by atomic mass is 10.1. The number of hydrogen-bond donors (Lipinski definition) is 2. The van der Waals surface area contributed by atoms with Gasteiger partial charge in [0.1, 0.15) is 6.29 Å². The maximum absolute atomic E-state index is 11.0. The molecule has 0 spiro atoms. The minimum absolute atomic E-state index is 0.155. The van der Waals surface area contributed by atoms with Gasteiger partial charge in [0.2, 0.25) is 0 Å². The molecule has 2 aromatic rings. The number of carbonyl (C=O) groups excluding carboxylic acids is 1. The van der Waals surface area contributed by atoms with Crippen molar-refractivity contribution in [2.45, 2.75) is 31.8 Å². The Bertz CT molecular complexity index is 593. The largest absolute Gasteiger partial charge is 0.375 e. The maximum atomic E-state index is 11.0. The first-order valence-electron chi connectivity index (χ1n) is 8.10. The van der Waals surface area contributed by atoms with Gasteiger partial charge in [-0.15, -0.1) is 4.99 Å². The number of hydroxylamine groups is 1. The van der Waals surface area contributed by atoms with E-state index in [9.17, 15) is 4.79 Å². The number of aldehydes is 1. The van der Waals surface area contributed by atoms with Crippen molar-refractivity contribution in [3.63, 3.8) is 0 Å². The molecule has 0 bridgehead atoms. The van der Waals surface area contributed by atoms with Crippen molar-refractivity contribution in [1.82, 2.24) is 5.48 Å². The van der Waals surface area contributed by atoms with E-state index in [0.717, 1.165) is 17.4 Å². The van der Waals surface area contributed by atoms with Crippen molar-refractivity contribution in [3.8, 4) is 0 Å². The second-order valence-corrected chi connectivity index (χ2v) is 5.55. The highest BCUT2D eigenvalue weighted by atomic mass is 17.2. The molecule has 0 unspecified atom stereocenters. The molecule has 2 atom stereocenters. The smallest absolute Gasteiger partial charge is 0.122 e. The molecule has 0 heterocycles. The minimum atomic E-state index is -0.499. The van der Waals surface area contributed by atoms with E-state index in [2.05, 4.69) is 10.5 Å². The fourth-order valence-corrected chi connectivity index (χ4v) is 2.38. The summed E-state index contributed by atoms with van der Waals surface area (Å²) in [6.07, 6.45) is 0.433. The molecule has 0 aliphatic heterocycles. The van der Waals surface area contributed by atoms with Crippen LogP contribution in [0.2, 0.25) is 0 Å². The summed E-state index contributed by atoms with van der Waals surface area (Å²) in [6.45, 7) is 0.974. The van der Waals surface area contributed by atoms with Crippen molar-refractivity contribution in [2.75, 3.05) is 6.61 Å². The first-order chi connectivity index (χ1) is 12.3. The molecule has 0 aliphatic rings. The summed E-state index contributed by atoms with van der Waals surface area (Å²) >= 11 is 0. The monoisotopic (exact) mass is 345 g/mol. The van der Waals surface area contributed by atoms with Crippen molar-refractivity contribution in [1.29, 1.82) is 0 Å². The zero-order valence-corrected chi connectivity index (χ0v) is 13.9. The summed E-state index contributed by atoms with van der Waals surface area (Å²) in [5, 5.41) is 8.74. The molecule has 0 aliphatic carbocycles. The lowest BCUT2D eigenvalue weighted by molar-refractivity contribution is -0.307. The van der Waals surface area contributed by atoms with E-state index >= 15 is 0 Å². The Morgan fingerprint density at radius 3 is 2.12 bits per heavy atom. The van der Waals surface area contributed by atoms with Gasteiger partial charge in [-0.25, -0.2) is 5.26 Å². The van der Waals surface area contributed by atoms with Gasteiger partial charge in [0, 0.05) is 6.42 Å². The van der Waals surface area contributed by atoms with E-state index in [1.165, 1.54) is 0 Å². The summed E-state index contributed by atoms with van der Waals surface area (Å²) < 4.78 is 11.5. The third-order valence-corrected chi connectivity index (χ3v) is 3.70. The van der Waals surface area contributed by atoms with E-state index < -0.39 is 12.1 Å². The molecule has 6 nitrogen and oxygen atoms in total. The standard InChI is InChI=1S/C19H23NO5/c21-12-11-19(24-14-17-9-5-2-6-10-17)18(20-25-22)15-23-13-16-7-3-1-4-8-16/h1-10,12,18-20,22H,11,13-15H2/t18-,19-/m0/s1. The van der Waals surface area contributed by atoms with Gasteiger partial charge in [-0.05, 0) is 11.1 Å². The second kappa shape index (κ2) is 11.5. The predicted octanol–water partition coefficient (Wildman–Crippen LogP) is 2.74. The van der Waals surface area contributed by atoms with E-state index in [1.54, 1.807) is 0 Å². The van der Waals surface area contributed by atoms with E-state index in [1.807, 2.05) is 60.7 Å². The summed E-state index contributed by atoms with van der Waals surface area (Å²) in [4.78, 5) is 15.0.